The van der Waals surface area contributed by atoms with Gasteiger partial charge in [-0.1, -0.05) is 29.8 Å². The van der Waals surface area contributed by atoms with E-state index in [0.717, 1.165) is 31.0 Å². The first-order chi connectivity index (χ1) is 17.8. The van der Waals surface area contributed by atoms with E-state index in [0.29, 0.717) is 34.4 Å². The van der Waals surface area contributed by atoms with Crippen LogP contribution >= 0.6 is 23.4 Å². The Labute approximate surface area is 224 Å². The Morgan fingerprint density at radius 2 is 1.84 bits per heavy atom. The van der Waals surface area contributed by atoms with Crippen molar-refractivity contribution in [3.8, 4) is 17.2 Å². The number of phenolic OH excluding ortho intramolecular Hbond substituents is 1. The molecule has 2 aliphatic rings. The maximum absolute atomic E-state index is 13.5. The SMILES string of the molecule is O=c1c(OC2CCC2)c(N2CCN(S(=O)(=O)CSc3ccccc3O)CC2)cnn1-c1cccc(Cl)c1. The molecule has 0 radical (unpaired) electrons. The number of halogens is 1. The number of sulfonamides is 1. The molecule has 1 N–H and O–H groups in total. The van der Waals surface area contributed by atoms with Gasteiger partial charge in [-0.2, -0.15) is 14.1 Å². The van der Waals surface area contributed by atoms with Crippen molar-refractivity contribution in [1.82, 2.24) is 14.1 Å². The molecule has 2 fully saturated rings. The van der Waals surface area contributed by atoms with E-state index in [1.54, 1.807) is 48.7 Å². The highest BCUT2D eigenvalue weighted by Crippen LogP contribution is 2.32. The second-order valence-corrected chi connectivity index (χ2v) is 12.7. The lowest BCUT2D eigenvalue weighted by atomic mass is 9.96. The van der Waals surface area contributed by atoms with E-state index in [9.17, 15) is 18.3 Å². The third-order valence-electron chi connectivity index (χ3n) is 6.51. The summed E-state index contributed by atoms with van der Waals surface area (Å²) in [5, 5.41) is 14.6. The Hall–Kier alpha value is -2.73. The zero-order chi connectivity index (χ0) is 26.0. The maximum Gasteiger partial charge on any atom is 0.316 e. The monoisotopic (exact) mass is 562 g/mol. The average Bonchev–Trinajstić information content (AvgIpc) is 2.86. The molecule has 0 amide bonds. The fraction of sp³-hybridized carbons (Fsp3) is 0.360. The fourth-order valence-electron chi connectivity index (χ4n) is 4.21. The second-order valence-electron chi connectivity index (χ2n) is 8.95. The molecule has 3 aromatic rings. The molecule has 196 valence electrons. The minimum atomic E-state index is -3.55. The van der Waals surface area contributed by atoms with Crippen molar-refractivity contribution in [2.24, 2.45) is 0 Å². The third kappa shape index (κ3) is 5.74. The number of thioether (sulfide) groups is 1. The summed E-state index contributed by atoms with van der Waals surface area (Å²) >= 11 is 7.21. The normalized spacial score (nSPS) is 16.9. The van der Waals surface area contributed by atoms with Crippen LogP contribution in [-0.4, -0.2) is 65.0 Å². The highest BCUT2D eigenvalue weighted by Gasteiger charge is 2.31. The van der Waals surface area contributed by atoms with Gasteiger partial charge in [0.15, 0.2) is 0 Å². The third-order valence-corrected chi connectivity index (χ3v) is 10.2. The van der Waals surface area contributed by atoms with Crippen molar-refractivity contribution < 1.29 is 18.3 Å². The summed E-state index contributed by atoms with van der Waals surface area (Å²) in [6.45, 7) is 1.32. The van der Waals surface area contributed by atoms with Crippen molar-refractivity contribution >= 4 is 39.1 Å². The van der Waals surface area contributed by atoms with E-state index >= 15 is 0 Å². The van der Waals surface area contributed by atoms with Crippen LogP contribution in [0, 0.1) is 0 Å². The quantitative estimate of drug-likeness (QED) is 0.414. The Balaban J connectivity index is 1.33. The van der Waals surface area contributed by atoms with E-state index in [4.69, 9.17) is 16.3 Å². The topological polar surface area (TPSA) is 105 Å². The van der Waals surface area contributed by atoms with E-state index < -0.39 is 10.0 Å². The molecule has 0 unspecified atom stereocenters. The van der Waals surface area contributed by atoms with E-state index in [-0.39, 0.29) is 41.3 Å². The van der Waals surface area contributed by atoms with Crippen molar-refractivity contribution in [3.05, 3.63) is 70.1 Å². The van der Waals surface area contributed by atoms with Crippen LogP contribution in [0.15, 0.2) is 64.4 Å². The predicted octanol–water partition coefficient (Wildman–Crippen LogP) is 3.72. The molecule has 0 bridgehead atoms. The zero-order valence-electron chi connectivity index (χ0n) is 20.0. The molecular formula is C25H27ClN4O5S2. The number of anilines is 1. The summed E-state index contributed by atoms with van der Waals surface area (Å²) in [4.78, 5) is 15.9. The number of aromatic nitrogens is 2. The first-order valence-corrected chi connectivity index (χ1v) is 15.0. The van der Waals surface area contributed by atoms with Gasteiger partial charge in [-0.05, 0) is 49.6 Å². The number of para-hydroxylation sites is 1. The van der Waals surface area contributed by atoms with E-state index in [1.165, 1.54) is 15.1 Å². The molecule has 9 nitrogen and oxygen atoms in total. The van der Waals surface area contributed by atoms with Crippen LogP contribution in [0.1, 0.15) is 19.3 Å². The van der Waals surface area contributed by atoms with Crippen molar-refractivity contribution in [2.75, 3.05) is 36.2 Å². The van der Waals surface area contributed by atoms with Gasteiger partial charge in [-0.15, -0.1) is 11.8 Å². The van der Waals surface area contributed by atoms with Crippen molar-refractivity contribution in [3.63, 3.8) is 0 Å². The highest BCUT2D eigenvalue weighted by atomic mass is 35.5. The maximum atomic E-state index is 13.5. The van der Waals surface area contributed by atoms with Crippen LogP contribution in [-0.2, 0) is 10.0 Å². The fourth-order valence-corrected chi connectivity index (χ4v) is 7.21. The molecule has 1 aliphatic heterocycles. The van der Waals surface area contributed by atoms with Gasteiger partial charge in [-0.3, -0.25) is 4.79 Å². The molecule has 1 aliphatic carbocycles. The Morgan fingerprint density at radius 3 is 2.51 bits per heavy atom. The molecule has 2 aromatic carbocycles. The first-order valence-electron chi connectivity index (χ1n) is 12.0. The number of nitrogens with zero attached hydrogens (tertiary/aromatic N) is 4. The largest absolute Gasteiger partial charge is 0.507 e. The van der Waals surface area contributed by atoms with Gasteiger partial charge in [-0.25, -0.2) is 8.42 Å². The molecular weight excluding hydrogens is 536 g/mol. The summed E-state index contributed by atoms with van der Waals surface area (Å²) in [5.41, 5.74) is 0.733. The first kappa shape index (κ1) is 25.9. The van der Waals surface area contributed by atoms with Crippen LogP contribution in [0.4, 0.5) is 5.69 Å². The molecule has 2 heterocycles. The number of benzene rings is 2. The van der Waals surface area contributed by atoms with Crippen LogP contribution in [0.25, 0.3) is 5.69 Å². The van der Waals surface area contributed by atoms with Crippen molar-refractivity contribution in [2.45, 2.75) is 30.3 Å². The summed E-state index contributed by atoms with van der Waals surface area (Å²) in [6.07, 6.45) is 4.42. The molecule has 0 atom stereocenters. The number of ether oxygens (including phenoxy) is 1. The standard InChI is InChI=1S/C25H27ClN4O5S2/c26-18-5-3-6-19(15-18)30-25(32)24(35-20-7-4-8-20)21(16-27-30)28-11-13-29(14-12-28)37(33,34)17-36-23-10-2-1-9-22(23)31/h1-3,5-6,9-10,15-16,20,31H,4,7-8,11-14,17H2. The number of rotatable bonds is 8. The van der Waals surface area contributed by atoms with Gasteiger partial charge in [0.2, 0.25) is 15.8 Å². The summed E-state index contributed by atoms with van der Waals surface area (Å²) in [5.74, 6) is 0.289. The summed E-state index contributed by atoms with van der Waals surface area (Å²) in [7, 11) is -3.55. The Bertz CT molecular complexity index is 1440. The highest BCUT2D eigenvalue weighted by molar-refractivity contribution is 8.11. The van der Waals surface area contributed by atoms with Crippen LogP contribution < -0.4 is 15.2 Å². The molecule has 5 rings (SSSR count). The van der Waals surface area contributed by atoms with Gasteiger partial charge < -0.3 is 14.7 Å². The Kier molecular flexibility index (Phi) is 7.66. The van der Waals surface area contributed by atoms with Gasteiger partial charge >= 0.3 is 5.56 Å². The molecule has 12 heteroatoms. The van der Waals surface area contributed by atoms with E-state index in [1.807, 2.05) is 4.90 Å². The number of aromatic hydroxyl groups is 1. The Morgan fingerprint density at radius 1 is 1.08 bits per heavy atom. The predicted molar refractivity (Wildman–Crippen MR) is 145 cm³/mol. The molecule has 1 saturated carbocycles. The van der Waals surface area contributed by atoms with Crippen molar-refractivity contribution in [1.29, 1.82) is 0 Å². The smallest absolute Gasteiger partial charge is 0.316 e. The van der Waals surface area contributed by atoms with E-state index in [2.05, 4.69) is 5.10 Å². The lowest BCUT2D eigenvalue weighted by molar-refractivity contribution is 0.118. The molecule has 37 heavy (non-hydrogen) atoms. The molecule has 1 aromatic heterocycles. The number of piperazine rings is 1. The lowest BCUT2D eigenvalue weighted by Crippen LogP contribution is -2.49. The van der Waals surface area contributed by atoms with Crippen LogP contribution in [0.2, 0.25) is 5.02 Å². The van der Waals surface area contributed by atoms with Gasteiger partial charge in [0.1, 0.15) is 16.5 Å². The number of hydrogen-bond acceptors (Lipinski definition) is 8. The molecule has 0 spiro atoms. The lowest BCUT2D eigenvalue weighted by Gasteiger charge is -2.36. The second kappa shape index (κ2) is 10.9. The minimum Gasteiger partial charge on any atom is -0.507 e. The van der Waals surface area contributed by atoms with Crippen LogP contribution in [0.5, 0.6) is 11.5 Å². The summed E-state index contributed by atoms with van der Waals surface area (Å²) in [6, 6.07) is 13.6. The van der Waals surface area contributed by atoms with Gasteiger partial charge in [0.05, 0.1) is 22.9 Å². The summed E-state index contributed by atoms with van der Waals surface area (Å²) < 4.78 is 34.8. The number of phenols is 1. The minimum absolute atomic E-state index is 0.0187. The van der Waals surface area contributed by atoms with Crippen LogP contribution in [0.3, 0.4) is 0 Å². The average molecular weight is 563 g/mol. The number of hydrogen-bond donors (Lipinski definition) is 1. The molecule has 1 saturated heterocycles. The van der Waals surface area contributed by atoms with Gasteiger partial charge in [0.25, 0.3) is 0 Å². The van der Waals surface area contributed by atoms with Gasteiger partial charge in [0, 0.05) is 31.2 Å². The zero-order valence-corrected chi connectivity index (χ0v) is 22.4.